The Balaban J connectivity index is 1.52. The molecule has 9 heteroatoms. The summed E-state index contributed by atoms with van der Waals surface area (Å²) in [6.45, 7) is 2.99. The van der Waals surface area contributed by atoms with Crippen LogP contribution in [0.25, 0.3) is 34.0 Å². The fourth-order valence-corrected chi connectivity index (χ4v) is 5.47. The van der Waals surface area contributed by atoms with E-state index in [4.69, 9.17) is 8.94 Å². The van der Waals surface area contributed by atoms with Gasteiger partial charge in [-0.1, -0.05) is 18.0 Å². The predicted octanol–water partition coefficient (Wildman–Crippen LogP) is 4.42. The Kier molecular flexibility index (Phi) is 5.07. The molecule has 0 atom stereocenters. The average Bonchev–Trinajstić information content (AvgIpc) is 3.28. The van der Waals surface area contributed by atoms with Crippen LogP contribution in [-0.2, 0) is 10.0 Å². The summed E-state index contributed by atoms with van der Waals surface area (Å²) in [6.07, 6.45) is 7.26. The molecule has 1 aliphatic rings. The molecule has 5 rings (SSSR count). The maximum atomic E-state index is 13.2. The van der Waals surface area contributed by atoms with Crippen molar-refractivity contribution in [2.75, 3.05) is 13.1 Å². The van der Waals surface area contributed by atoms with Crippen molar-refractivity contribution in [3.05, 3.63) is 48.3 Å². The average molecular weight is 439 g/mol. The van der Waals surface area contributed by atoms with E-state index in [1.807, 2.05) is 13.0 Å². The van der Waals surface area contributed by atoms with Crippen LogP contribution in [0.4, 0.5) is 0 Å². The van der Waals surface area contributed by atoms with E-state index in [-0.39, 0.29) is 10.8 Å². The predicted molar refractivity (Wildman–Crippen MR) is 115 cm³/mol. The molecule has 8 nitrogen and oxygen atoms in total. The smallest absolute Gasteiger partial charge is 0.294 e. The Bertz CT molecular complexity index is 1320. The second-order valence-corrected chi connectivity index (χ2v) is 9.64. The van der Waals surface area contributed by atoms with Gasteiger partial charge in [-0.3, -0.25) is 4.98 Å². The van der Waals surface area contributed by atoms with Gasteiger partial charge in [-0.2, -0.15) is 9.29 Å². The molecule has 0 bridgehead atoms. The lowest BCUT2D eigenvalue weighted by atomic mass is 10.1. The number of pyridine rings is 1. The van der Waals surface area contributed by atoms with Crippen LogP contribution in [0, 0.1) is 6.92 Å². The quantitative estimate of drug-likeness (QED) is 0.465. The molecule has 1 aromatic carbocycles. The van der Waals surface area contributed by atoms with Gasteiger partial charge in [0.2, 0.25) is 15.8 Å². The number of furan rings is 1. The molecule has 0 aliphatic carbocycles. The van der Waals surface area contributed by atoms with Crippen molar-refractivity contribution in [3.8, 4) is 23.0 Å². The fourth-order valence-electron chi connectivity index (χ4n) is 3.92. The van der Waals surface area contributed by atoms with Crippen LogP contribution in [-0.4, -0.2) is 40.9 Å². The van der Waals surface area contributed by atoms with Crippen molar-refractivity contribution < 1.29 is 17.4 Å². The van der Waals surface area contributed by atoms with Crippen molar-refractivity contribution in [2.24, 2.45) is 0 Å². The van der Waals surface area contributed by atoms with Gasteiger partial charge in [0.15, 0.2) is 5.76 Å². The molecule has 1 saturated heterocycles. The summed E-state index contributed by atoms with van der Waals surface area (Å²) in [5.74, 6) is 1.08. The van der Waals surface area contributed by atoms with Gasteiger partial charge < -0.3 is 8.94 Å². The normalized spacial score (nSPS) is 15.9. The Morgan fingerprint density at radius 3 is 2.61 bits per heavy atom. The Morgan fingerprint density at radius 1 is 1.06 bits per heavy atom. The van der Waals surface area contributed by atoms with Gasteiger partial charge in [0.1, 0.15) is 5.58 Å². The summed E-state index contributed by atoms with van der Waals surface area (Å²) < 4.78 is 39.3. The molecule has 4 aromatic rings. The maximum Gasteiger partial charge on any atom is 0.294 e. The molecule has 4 heterocycles. The zero-order valence-electron chi connectivity index (χ0n) is 17.1. The van der Waals surface area contributed by atoms with Gasteiger partial charge in [0.05, 0.1) is 4.90 Å². The highest BCUT2D eigenvalue weighted by Crippen LogP contribution is 2.35. The summed E-state index contributed by atoms with van der Waals surface area (Å²) in [7, 11) is -3.55. The summed E-state index contributed by atoms with van der Waals surface area (Å²) >= 11 is 0. The third-order valence-electron chi connectivity index (χ3n) is 5.65. The fraction of sp³-hybridized carbons (Fsp3) is 0.318. The number of rotatable bonds is 4. The van der Waals surface area contributed by atoms with E-state index < -0.39 is 10.0 Å². The van der Waals surface area contributed by atoms with Gasteiger partial charge >= 0.3 is 0 Å². The summed E-state index contributed by atoms with van der Waals surface area (Å²) in [5, 5.41) is 4.73. The third kappa shape index (κ3) is 3.64. The van der Waals surface area contributed by atoms with Gasteiger partial charge in [0.25, 0.3) is 5.89 Å². The second-order valence-electron chi connectivity index (χ2n) is 7.70. The Labute approximate surface area is 179 Å². The van der Waals surface area contributed by atoms with Gasteiger partial charge in [0, 0.05) is 42.0 Å². The summed E-state index contributed by atoms with van der Waals surface area (Å²) in [5.41, 5.74) is 2.06. The highest BCUT2D eigenvalue weighted by Gasteiger charge is 2.27. The first kappa shape index (κ1) is 19.9. The molecule has 0 amide bonds. The van der Waals surface area contributed by atoms with E-state index in [2.05, 4.69) is 15.1 Å². The monoisotopic (exact) mass is 438 g/mol. The molecule has 160 valence electrons. The van der Waals surface area contributed by atoms with Crippen LogP contribution in [0.3, 0.4) is 0 Å². The van der Waals surface area contributed by atoms with Crippen molar-refractivity contribution in [1.82, 2.24) is 19.4 Å². The topological polar surface area (TPSA) is 102 Å². The minimum atomic E-state index is -3.55. The Hall–Kier alpha value is -3.04. The number of hydrogen-bond acceptors (Lipinski definition) is 7. The zero-order chi connectivity index (χ0) is 21.4. The van der Waals surface area contributed by atoms with Crippen LogP contribution in [0.5, 0.6) is 0 Å². The Morgan fingerprint density at radius 2 is 1.87 bits per heavy atom. The van der Waals surface area contributed by atoms with Gasteiger partial charge in [-0.15, -0.1) is 0 Å². The number of sulfonamides is 1. The van der Waals surface area contributed by atoms with Crippen molar-refractivity contribution in [1.29, 1.82) is 0 Å². The molecule has 1 aliphatic heterocycles. The molecular weight excluding hydrogens is 416 g/mol. The molecule has 0 saturated carbocycles. The number of aromatic nitrogens is 3. The number of nitrogens with zero attached hydrogens (tertiary/aromatic N) is 4. The van der Waals surface area contributed by atoms with Crippen molar-refractivity contribution in [2.45, 2.75) is 37.5 Å². The molecule has 3 aromatic heterocycles. The van der Waals surface area contributed by atoms with Crippen molar-refractivity contribution >= 4 is 21.0 Å². The first-order valence-corrected chi connectivity index (χ1v) is 11.8. The molecule has 0 radical (unpaired) electrons. The zero-order valence-corrected chi connectivity index (χ0v) is 17.9. The lowest BCUT2D eigenvalue weighted by Gasteiger charge is -2.19. The highest BCUT2D eigenvalue weighted by atomic mass is 32.2. The lowest BCUT2D eigenvalue weighted by molar-refractivity contribution is 0.419. The molecule has 1 fully saturated rings. The van der Waals surface area contributed by atoms with E-state index in [1.54, 1.807) is 41.0 Å². The SMILES string of the molecule is Cc1c(-c2nc(-c3cccnc3)no2)oc2ccc(S(=O)(=O)N3CCCCCC3)cc12. The van der Waals surface area contributed by atoms with Crippen LogP contribution < -0.4 is 0 Å². The summed E-state index contributed by atoms with van der Waals surface area (Å²) in [6, 6.07) is 8.60. The number of aryl methyl sites for hydroxylation is 1. The van der Waals surface area contributed by atoms with Gasteiger partial charge in [-0.25, -0.2) is 8.42 Å². The number of fused-ring (bicyclic) bond motifs is 1. The van der Waals surface area contributed by atoms with E-state index in [9.17, 15) is 8.42 Å². The second kappa shape index (κ2) is 7.90. The maximum absolute atomic E-state index is 13.2. The van der Waals surface area contributed by atoms with E-state index in [0.29, 0.717) is 35.6 Å². The lowest BCUT2D eigenvalue weighted by Crippen LogP contribution is -2.31. The van der Waals surface area contributed by atoms with Crippen LogP contribution >= 0.6 is 0 Å². The third-order valence-corrected chi connectivity index (χ3v) is 7.55. The minimum absolute atomic E-state index is 0.240. The van der Waals surface area contributed by atoms with Gasteiger partial charge in [-0.05, 0) is 50.1 Å². The standard InChI is InChI=1S/C22H22N4O4S/c1-15-18-13-17(31(27,28)26-11-4-2-3-5-12-26)8-9-19(18)29-20(15)22-24-21(25-30-22)16-7-6-10-23-14-16/h6-10,13-14H,2-5,11-12H2,1H3. The highest BCUT2D eigenvalue weighted by molar-refractivity contribution is 7.89. The van der Waals surface area contributed by atoms with E-state index in [0.717, 1.165) is 36.8 Å². The van der Waals surface area contributed by atoms with E-state index >= 15 is 0 Å². The first-order chi connectivity index (χ1) is 15.0. The van der Waals surface area contributed by atoms with Crippen molar-refractivity contribution in [3.63, 3.8) is 0 Å². The van der Waals surface area contributed by atoms with Crippen LogP contribution in [0.1, 0.15) is 31.2 Å². The summed E-state index contributed by atoms with van der Waals surface area (Å²) in [4.78, 5) is 8.77. The van der Waals surface area contributed by atoms with E-state index in [1.165, 1.54) is 0 Å². The molecule has 31 heavy (non-hydrogen) atoms. The number of hydrogen-bond donors (Lipinski definition) is 0. The largest absolute Gasteiger partial charge is 0.451 e. The van der Waals surface area contributed by atoms with Crippen LogP contribution in [0.2, 0.25) is 0 Å². The molecular formula is C22H22N4O4S. The minimum Gasteiger partial charge on any atom is -0.451 e. The first-order valence-electron chi connectivity index (χ1n) is 10.3. The van der Waals surface area contributed by atoms with Crippen LogP contribution in [0.15, 0.2) is 56.6 Å². The molecule has 0 spiro atoms. The molecule has 0 N–H and O–H groups in total. The molecule has 0 unspecified atom stereocenters. The number of benzene rings is 1.